The minimum Gasteiger partial charge on any atom is -0.367 e. The highest BCUT2D eigenvalue weighted by Crippen LogP contribution is 2.53. The average Bonchev–Trinajstić information content (AvgIpc) is 3.30. The summed E-state index contributed by atoms with van der Waals surface area (Å²) < 4.78 is 11.4. The molecule has 1 N–H and O–H groups in total. The lowest BCUT2D eigenvalue weighted by atomic mass is 9.72. The Hall–Kier alpha value is -0.610. The SMILES string of the molecule is CC1OC1(C)CCC(C)(C)C(=O)NCC1(C)CCC2(C)OC2C1. The summed E-state index contributed by atoms with van der Waals surface area (Å²) in [5, 5.41) is 3.22. The Morgan fingerprint density at radius 3 is 2.43 bits per heavy atom. The van der Waals surface area contributed by atoms with E-state index in [1.807, 2.05) is 13.8 Å². The van der Waals surface area contributed by atoms with Crippen molar-refractivity contribution in [1.29, 1.82) is 0 Å². The predicted molar refractivity (Wildman–Crippen MR) is 90.2 cm³/mol. The van der Waals surface area contributed by atoms with Gasteiger partial charge in [-0.2, -0.15) is 0 Å². The van der Waals surface area contributed by atoms with Crippen molar-refractivity contribution < 1.29 is 14.3 Å². The summed E-state index contributed by atoms with van der Waals surface area (Å²) in [6, 6.07) is 0. The van der Waals surface area contributed by atoms with Crippen molar-refractivity contribution >= 4 is 5.91 Å². The van der Waals surface area contributed by atoms with Crippen LogP contribution in [-0.2, 0) is 14.3 Å². The first-order valence-corrected chi connectivity index (χ1v) is 9.12. The zero-order valence-corrected chi connectivity index (χ0v) is 15.6. The van der Waals surface area contributed by atoms with Crippen LogP contribution in [0.1, 0.15) is 73.6 Å². The highest BCUT2D eigenvalue weighted by atomic mass is 16.6. The van der Waals surface area contributed by atoms with Gasteiger partial charge in [0.2, 0.25) is 5.91 Å². The Balaban J connectivity index is 1.46. The molecule has 1 saturated carbocycles. The molecule has 2 heterocycles. The van der Waals surface area contributed by atoms with E-state index in [4.69, 9.17) is 9.47 Å². The van der Waals surface area contributed by atoms with Crippen LogP contribution in [0.15, 0.2) is 0 Å². The second-order valence-electron chi connectivity index (χ2n) is 9.57. The Bertz CT molecular complexity index is 505. The molecule has 0 aromatic heterocycles. The molecule has 0 aromatic rings. The van der Waals surface area contributed by atoms with Crippen LogP contribution < -0.4 is 5.32 Å². The van der Waals surface area contributed by atoms with Crippen LogP contribution in [0.3, 0.4) is 0 Å². The Morgan fingerprint density at radius 1 is 1.22 bits per heavy atom. The van der Waals surface area contributed by atoms with E-state index in [0.29, 0.717) is 12.2 Å². The largest absolute Gasteiger partial charge is 0.367 e. The third-order valence-electron chi connectivity index (χ3n) is 6.72. The van der Waals surface area contributed by atoms with Gasteiger partial charge in [0.05, 0.1) is 23.4 Å². The van der Waals surface area contributed by atoms with E-state index in [-0.39, 0.29) is 27.9 Å². The van der Waals surface area contributed by atoms with Gasteiger partial charge in [-0.3, -0.25) is 4.79 Å². The van der Waals surface area contributed by atoms with E-state index in [2.05, 4.69) is 33.0 Å². The third-order valence-corrected chi connectivity index (χ3v) is 6.72. The van der Waals surface area contributed by atoms with Gasteiger partial charge in [0.25, 0.3) is 0 Å². The first kappa shape index (κ1) is 17.2. The highest BCUT2D eigenvalue weighted by molar-refractivity contribution is 5.81. The van der Waals surface area contributed by atoms with Gasteiger partial charge in [-0.15, -0.1) is 0 Å². The van der Waals surface area contributed by atoms with Gasteiger partial charge in [-0.1, -0.05) is 20.8 Å². The minimum absolute atomic E-state index is 0.0132. The van der Waals surface area contributed by atoms with Gasteiger partial charge < -0.3 is 14.8 Å². The molecule has 4 heteroatoms. The molecular weight excluding hydrogens is 290 g/mol. The number of carbonyl (C=O) groups is 1. The van der Waals surface area contributed by atoms with Crippen LogP contribution in [0.5, 0.6) is 0 Å². The number of epoxide rings is 2. The zero-order valence-electron chi connectivity index (χ0n) is 15.6. The summed E-state index contributed by atoms with van der Waals surface area (Å²) in [5.41, 5.74) is -0.0450. The van der Waals surface area contributed by atoms with Crippen molar-refractivity contribution in [2.24, 2.45) is 10.8 Å². The van der Waals surface area contributed by atoms with Gasteiger partial charge in [0.15, 0.2) is 0 Å². The number of hydrogen-bond donors (Lipinski definition) is 1. The number of ether oxygens (including phenoxy) is 2. The summed E-state index contributed by atoms with van der Waals surface area (Å²) in [6.07, 6.45) is 5.84. The molecule has 0 radical (unpaired) electrons. The molecule has 3 fully saturated rings. The van der Waals surface area contributed by atoms with Crippen molar-refractivity contribution in [3.63, 3.8) is 0 Å². The molecule has 0 aromatic carbocycles. The molecule has 3 aliphatic rings. The summed E-state index contributed by atoms with van der Waals surface area (Å²) >= 11 is 0. The van der Waals surface area contributed by atoms with E-state index in [1.165, 1.54) is 0 Å². The maximum atomic E-state index is 12.6. The van der Waals surface area contributed by atoms with Crippen molar-refractivity contribution in [2.75, 3.05) is 6.54 Å². The fraction of sp³-hybridized carbons (Fsp3) is 0.947. The molecule has 132 valence electrons. The molecule has 2 saturated heterocycles. The van der Waals surface area contributed by atoms with Crippen molar-refractivity contribution in [3.8, 4) is 0 Å². The number of fused-ring (bicyclic) bond motifs is 1. The third kappa shape index (κ3) is 3.43. The fourth-order valence-corrected chi connectivity index (χ4v) is 3.87. The standard InChI is InChI=1S/C19H33NO3/c1-13-18(5,22-13)9-7-16(2,3)15(21)20-12-17(4)8-10-19(6)14(11-17)23-19/h13-14H,7-12H2,1-6H3,(H,20,21). The van der Waals surface area contributed by atoms with Gasteiger partial charge in [0, 0.05) is 12.0 Å². The predicted octanol–water partition coefficient (Wildman–Crippen LogP) is 3.43. The summed E-state index contributed by atoms with van der Waals surface area (Å²) in [6.45, 7) is 13.6. The highest BCUT2D eigenvalue weighted by Gasteiger charge is 2.58. The molecule has 1 aliphatic carbocycles. The number of rotatable bonds is 6. The van der Waals surface area contributed by atoms with Crippen LogP contribution in [0, 0.1) is 10.8 Å². The molecule has 5 atom stereocenters. The van der Waals surface area contributed by atoms with Gasteiger partial charge in [0.1, 0.15) is 0 Å². The molecule has 1 amide bonds. The quantitative estimate of drug-likeness (QED) is 0.762. The zero-order chi connectivity index (χ0) is 17.1. The van der Waals surface area contributed by atoms with E-state index >= 15 is 0 Å². The van der Waals surface area contributed by atoms with Crippen LogP contribution in [-0.4, -0.2) is 35.9 Å². The minimum atomic E-state index is -0.343. The monoisotopic (exact) mass is 323 g/mol. The second-order valence-corrected chi connectivity index (χ2v) is 9.57. The molecule has 5 unspecified atom stereocenters. The summed E-state index contributed by atoms with van der Waals surface area (Å²) in [4.78, 5) is 12.6. The Morgan fingerprint density at radius 2 is 1.87 bits per heavy atom. The van der Waals surface area contributed by atoms with Crippen molar-refractivity contribution in [1.82, 2.24) is 5.32 Å². The summed E-state index contributed by atoms with van der Waals surface area (Å²) in [5.74, 6) is 0.167. The van der Waals surface area contributed by atoms with Crippen molar-refractivity contribution in [2.45, 2.75) is 97.1 Å². The Labute approximate surface area is 140 Å². The van der Waals surface area contributed by atoms with E-state index in [1.54, 1.807) is 0 Å². The normalized spacial score (nSPS) is 45.3. The van der Waals surface area contributed by atoms with Crippen LogP contribution in [0.2, 0.25) is 0 Å². The summed E-state index contributed by atoms with van der Waals surface area (Å²) in [7, 11) is 0. The molecule has 3 rings (SSSR count). The first-order valence-electron chi connectivity index (χ1n) is 9.12. The van der Waals surface area contributed by atoms with Crippen molar-refractivity contribution in [3.05, 3.63) is 0 Å². The lowest BCUT2D eigenvalue weighted by Gasteiger charge is -2.35. The Kier molecular flexibility index (Phi) is 3.89. The van der Waals surface area contributed by atoms with E-state index in [9.17, 15) is 4.79 Å². The number of nitrogens with one attached hydrogen (secondary N) is 1. The smallest absolute Gasteiger partial charge is 0.225 e. The lowest BCUT2D eigenvalue weighted by molar-refractivity contribution is -0.130. The molecule has 0 bridgehead atoms. The van der Waals surface area contributed by atoms with Gasteiger partial charge >= 0.3 is 0 Å². The molecule has 23 heavy (non-hydrogen) atoms. The van der Waals surface area contributed by atoms with Gasteiger partial charge in [-0.05, 0) is 58.3 Å². The van der Waals surface area contributed by atoms with Gasteiger partial charge in [-0.25, -0.2) is 0 Å². The fourth-order valence-electron chi connectivity index (χ4n) is 3.87. The van der Waals surface area contributed by atoms with E-state index in [0.717, 1.165) is 38.6 Å². The molecule has 4 nitrogen and oxygen atoms in total. The van der Waals surface area contributed by atoms with Crippen LogP contribution >= 0.6 is 0 Å². The maximum absolute atomic E-state index is 12.6. The topological polar surface area (TPSA) is 54.2 Å². The van der Waals surface area contributed by atoms with Crippen LogP contribution in [0.4, 0.5) is 0 Å². The first-order chi connectivity index (χ1) is 10.5. The van der Waals surface area contributed by atoms with E-state index < -0.39 is 0 Å². The molecule has 0 spiro atoms. The number of hydrogen-bond acceptors (Lipinski definition) is 3. The molecular formula is C19H33NO3. The van der Waals surface area contributed by atoms with Crippen LogP contribution in [0.25, 0.3) is 0 Å². The second kappa shape index (κ2) is 5.19. The maximum Gasteiger partial charge on any atom is 0.225 e. The molecule has 2 aliphatic heterocycles. The number of amides is 1. The number of carbonyl (C=O) groups excluding carboxylic acids is 1. The average molecular weight is 323 g/mol. The lowest BCUT2D eigenvalue weighted by Crippen LogP contribution is -2.44.